The molecule has 3 N–H and O–H groups in total. The molecule has 23 heavy (non-hydrogen) atoms. The molecular weight excluding hydrogens is 301 g/mol. The number of aromatic nitrogens is 5. The van der Waals surface area contributed by atoms with Gasteiger partial charge in [-0.25, -0.2) is 9.07 Å². The monoisotopic (exact) mass is 315 g/mol. The number of halogens is 1. The highest BCUT2D eigenvalue weighted by atomic mass is 19.1. The van der Waals surface area contributed by atoms with Crippen LogP contribution in [0, 0.1) is 5.82 Å². The zero-order valence-corrected chi connectivity index (χ0v) is 12.2. The summed E-state index contributed by atoms with van der Waals surface area (Å²) in [5, 5.41) is 11.5. The summed E-state index contributed by atoms with van der Waals surface area (Å²) in [6, 6.07) is 4.64. The SMILES string of the molecule is Nc1nnnn1CC(=O)N1CCc2[nH]c3ccc(F)cc3c2C1. The zero-order valence-electron chi connectivity index (χ0n) is 12.2. The van der Waals surface area contributed by atoms with Gasteiger partial charge in [0.05, 0.1) is 0 Å². The number of aromatic amines is 1. The van der Waals surface area contributed by atoms with Crippen molar-refractivity contribution < 1.29 is 9.18 Å². The number of nitrogens with one attached hydrogen (secondary N) is 1. The molecule has 1 amide bonds. The number of carbonyl (C=O) groups is 1. The molecule has 0 radical (unpaired) electrons. The zero-order chi connectivity index (χ0) is 16.0. The Labute approximate surface area is 130 Å². The van der Waals surface area contributed by atoms with Crippen molar-refractivity contribution in [2.75, 3.05) is 12.3 Å². The summed E-state index contributed by atoms with van der Waals surface area (Å²) in [6.45, 7) is 1.01. The van der Waals surface area contributed by atoms with Crippen LogP contribution in [0.4, 0.5) is 10.3 Å². The summed E-state index contributed by atoms with van der Waals surface area (Å²) in [7, 11) is 0. The molecule has 0 atom stereocenters. The van der Waals surface area contributed by atoms with Crippen LogP contribution in [0.15, 0.2) is 18.2 Å². The Hall–Kier alpha value is -2.97. The number of nitrogen functional groups attached to an aromatic ring is 1. The van der Waals surface area contributed by atoms with E-state index in [1.807, 2.05) is 0 Å². The normalized spacial score (nSPS) is 14.2. The number of amides is 1. The van der Waals surface area contributed by atoms with Gasteiger partial charge in [-0.2, -0.15) is 0 Å². The molecular formula is C14H14FN7O. The molecule has 0 saturated heterocycles. The second-order valence-corrected chi connectivity index (χ2v) is 5.53. The molecule has 0 aliphatic carbocycles. The number of anilines is 1. The molecule has 8 nitrogen and oxygen atoms in total. The molecule has 0 saturated carbocycles. The summed E-state index contributed by atoms with van der Waals surface area (Å²) in [4.78, 5) is 17.4. The van der Waals surface area contributed by atoms with Crippen LogP contribution in [-0.2, 0) is 24.3 Å². The number of nitrogens with two attached hydrogens (primary N) is 1. The first-order chi connectivity index (χ1) is 11.1. The number of nitrogens with zero attached hydrogens (tertiary/aromatic N) is 5. The van der Waals surface area contributed by atoms with E-state index in [1.54, 1.807) is 11.0 Å². The minimum absolute atomic E-state index is 0.00904. The number of hydrogen-bond donors (Lipinski definition) is 2. The van der Waals surface area contributed by atoms with Crippen LogP contribution >= 0.6 is 0 Å². The molecule has 0 spiro atoms. The molecule has 0 fully saturated rings. The molecule has 9 heteroatoms. The van der Waals surface area contributed by atoms with Gasteiger partial charge < -0.3 is 15.6 Å². The van der Waals surface area contributed by atoms with Crippen molar-refractivity contribution >= 4 is 22.8 Å². The second kappa shape index (κ2) is 5.04. The Morgan fingerprint density at radius 3 is 3.09 bits per heavy atom. The number of fused-ring (bicyclic) bond motifs is 3. The molecule has 0 unspecified atom stereocenters. The highest BCUT2D eigenvalue weighted by Crippen LogP contribution is 2.28. The number of benzene rings is 1. The first-order valence-corrected chi connectivity index (χ1v) is 7.20. The highest BCUT2D eigenvalue weighted by molar-refractivity contribution is 5.86. The standard InChI is InChI=1S/C14H14FN7O/c15-8-1-2-11-9(5-8)10-6-21(4-3-12(10)17-11)13(23)7-22-14(16)18-19-20-22/h1-2,5,17H,3-4,6-7H2,(H2,16,18,20). The van der Waals surface area contributed by atoms with Gasteiger partial charge in [0, 0.05) is 41.7 Å². The predicted molar refractivity (Wildman–Crippen MR) is 79.6 cm³/mol. The lowest BCUT2D eigenvalue weighted by atomic mass is 10.0. The summed E-state index contributed by atoms with van der Waals surface area (Å²) in [5.41, 5.74) is 8.48. The third-order valence-electron chi connectivity index (χ3n) is 4.13. The van der Waals surface area contributed by atoms with Gasteiger partial charge in [0.25, 0.3) is 0 Å². The van der Waals surface area contributed by atoms with Crippen molar-refractivity contribution in [1.82, 2.24) is 30.1 Å². The first kappa shape index (κ1) is 13.7. The molecule has 2 aromatic heterocycles. The molecule has 3 aromatic rings. The van der Waals surface area contributed by atoms with Crippen molar-refractivity contribution in [3.8, 4) is 0 Å². The predicted octanol–water partition coefficient (Wildman–Crippen LogP) is 0.461. The van der Waals surface area contributed by atoms with Crippen molar-refractivity contribution in [3.05, 3.63) is 35.3 Å². The van der Waals surface area contributed by atoms with E-state index >= 15 is 0 Å². The Balaban J connectivity index is 1.60. The third kappa shape index (κ3) is 2.30. The lowest BCUT2D eigenvalue weighted by Crippen LogP contribution is -2.38. The molecule has 3 heterocycles. The van der Waals surface area contributed by atoms with Crippen LogP contribution in [0.5, 0.6) is 0 Å². The number of carbonyl (C=O) groups excluding carboxylic acids is 1. The summed E-state index contributed by atoms with van der Waals surface area (Å²) >= 11 is 0. The first-order valence-electron chi connectivity index (χ1n) is 7.20. The van der Waals surface area contributed by atoms with Crippen LogP contribution in [0.3, 0.4) is 0 Å². The number of hydrogen-bond acceptors (Lipinski definition) is 5. The van der Waals surface area contributed by atoms with Gasteiger partial charge >= 0.3 is 0 Å². The van der Waals surface area contributed by atoms with Crippen molar-refractivity contribution in [1.29, 1.82) is 0 Å². The smallest absolute Gasteiger partial charge is 0.244 e. The second-order valence-electron chi connectivity index (χ2n) is 5.53. The van der Waals surface area contributed by atoms with Gasteiger partial charge in [-0.05, 0) is 28.6 Å². The maximum Gasteiger partial charge on any atom is 0.244 e. The van der Waals surface area contributed by atoms with Gasteiger partial charge in [0.1, 0.15) is 12.4 Å². The van der Waals surface area contributed by atoms with Crippen LogP contribution in [0.1, 0.15) is 11.3 Å². The van der Waals surface area contributed by atoms with Crippen LogP contribution in [-0.4, -0.2) is 42.5 Å². The van der Waals surface area contributed by atoms with E-state index in [2.05, 4.69) is 20.5 Å². The third-order valence-corrected chi connectivity index (χ3v) is 4.13. The lowest BCUT2D eigenvalue weighted by molar-refractivity contribution is -0.132. The average molecular weight is 315 g/mol. The van der Waals surface area contributed by atoms with E-state index in [-0.39, 0.29) is 24.2 Å². The minimum atomic E-state index is -0.288. The number of H-pyrrole nitrogens is 1. The highest BCUT2D eigenvalue weighted by Gasteiger charge is 2.25. The van der Waals surface area contributed by atoms with Crippen LogP contribution < -0.4 is 5.73 Å². The summed E-state index contributed by atoms with van der Waals surface area (Å²) in [6.07, 6.45) is 0.697. The largest absolute Gasteiger partial charge is 0.367 e. The molecule has 0 bridgehead atoms. The van der Waals surface area contributed by atoms with E-state index in [0.717, 1.165) is 22.2 Å². The summed E-state index contributed by atoms with van der Waals surface area (Å²) < 4.78 is 14.8. The molecule has 118 valence electrons. The van der Waals surface area contributed by atoms with Gasteiger partial charge in [0.2, 0.25) is 11.9 Å². The van der Waals surface area contributed by atoms with Crippen molar-refractivity contribution in [2.24, 2.45) is 0 Å². The van der Waals surface area contributed by atoms with E-state index in [0.29, 0.717) is 19.5 Å². The number of tetrazole rings is 1. The van der Waals surface area contributed by atoms with E-state index in [9.17, 15) is 9.18 Å². The minimum Gasteiger partial charge on any atom is -0.367 e. The van der Waals surface area contributed by atoms with Crippen LogP contribution in [0.25, 0.3) is 10.9 Å². The van der Waals surface area contributed by atoms with E-state index in [1.165, 1.54) is 16.8 Å². The van der Waals surface area contributed by atoms with Gasteiger partial charge in [-0.15, -0.1) is 0 Å². The van der Waals surface area contributed by atoms with Crippen molar-refractivity contribution in [3.63, 3.8) is 0 Å². The fourth-order valence-corrected chi connectivity index (χ4v) is 2.95. The quantitative estimate of drug-likeness (QED) is 0.714. The Kier molecular flexibility index (Phi) is 3.00. The lowest BCUT2D eigenvalue weighted by Gasteiger charge is -2.27. The Morgan fingerprint density at radius 1 is 1.43 bits per heavy atom. The maximum absolute atomic E-state index is 13.5. The molecule has 1 aliphatic heterocycles. The fraction of sp³-hybridized carbons (Fsp3) is 0.286. The fourth-order valence-electron chi connectivity index (χ4n) is 2.95. The Morgan fingerprint density at radius 2 is 2.30 bits per heavy atom. The number of rotatable bonds is 2. The topological polar surface area (TPSA) is 106 Å². The van der Waals surface area contributed by atoms with Crippen LogP contribution in [0.2, 0.25) is 0 Å². The van der Waals surface area contributed by atoms with Gasteiger partial charge in [-0.3, -0.25) is 4.79 Å². The van der Waals surface area contributed by atoms with Crippen molar-refractivity contribution in [2.45, 2.75) is 19.5 Å². The maximum atomic E-state index is 13.5. The molecule has 4 rings (SSSR count). The van der Waals surface area contributed by atoms with Gasteiger partial charge in [-0.1, -0.05) is 5.10 Å². The van der Waals surface area contributed by atoms with Gasteiger partial charge in [0.15, 0.2) is 0 Å². The Bertz CT molecular complexity index is 900. The summed E-state index contributed by atoms with van der Waals surface area (Å²) in [5.74, 6) is -0.310. The molecule has 1 aromatic carbocycles. The average Bonchev–Trinajstić information content (AvgIpc) is 3.10. The van der Waals surface area contributed by atoms with E-state index < -0.39 is 0 Å². The molecule has 1 aliphatic rings. The van der Waals surface area contributed by atoms with E-state index in [4.69, 9.17) is 5.73 Å².